The number of hydrogen-bond donors (Lipinski definition) is 1. The highest BCUT2D eigenvalue weighted by Crippen LogP contribution is 2.24. The number of carboxylic acid groups (broad SMARTS) is 1. The standard InChI is InChI=1S/C9H7BrO3S/c1-5(8(11)9(12)13)4-6-2-3-7(10)14-6/h2-4H,1H3,(H,12,13)/b5-4+. The summed E-state index contributed by atoms with van der Waals surface area (Å²) >= 11 is 4.72. The second-order valence-corrected chi connectivity index (χ2v) is 5.10. The number of ketones is 1. The molecule has 1 heterocycles. The number of aliphatic carboxylic acids is 1. The van der Waals surface area contributed by atoms with Gasteiger partial charge >= 0.3 is 5.97 Å². The first-order valence-corrected chi connectivity index (χ1v) is 5.33. The molecular formula is C9H7BrO3S. The molecule has 0 saturated heterocycles. The van der Waals surface area contributed by atoms with Crippen LogP contribution in [0.2, 0.25) is 0 Å². The number of carboxylic acids is 1. The van der Waals surface area contributed by atoms with E-state index < -0.39 is 11.8 Å². The molecule has 0 aliphatic carbocycles. The maximum atomic E-state index is 11.0. The Hall–Kier alpha value is -0.940. The Labute approximate surface area is 93.2 Å². The van der Waals surface area contributed by atoms with Crippen LogP contribution in [0.4, 0.5) is 0 Å². The molecule has 3 nitrogen and oxygen atoms in total. The zero-order valence-corrected chi connectivity index (χ0v) is 9.68. The van der Waals surface area contributed by atoms with Gasteiger partial charge in [-0.25, -0.2) is 4.79 Å². The molecule has 0 saturated carbocycles. The molecule has 1 aromatic rings. The largest absolute Gasteiger partial charge is 0.475 e. The van der Waals surface area contributed by atoms with E-state index in [1.807, 2.05) is 12.1 Å². The quantitative estimate of drug-likeness (QED) is 0.681. The van der Waals surface area contributed by atoms with Crippen LogP contribution in [0.5, 0.6) is 0 Å². The van der Waals surface area contributed by atoms with E-state index in [0.717, 1.165) is 8.66 Å². The van der Waals surface area contributed by atoms with Crippen LogP contribution in [0.3, 0.4) is 0 Å². The summed E-state index contributed by atoms with van der Waals surface area (Å²) in [4.78, 5) is 22.2. The van der Waals surface area contributed by atoms with Crippen molar-refractivity contribution in [1.29, 1.82) is 0 Å². The third-order valence-corrected chi connectivity index (χ3v) is 3.08. The number of thiophene rings is 1. The van der Waals surface area contributed by atoms with Gasteiger partial charge in [-0.05, 0) is 41.1 Å². The molecule has 1 aromatic heterocycles. The van der Waals surface area contributed by atoms with Gasteiger partial charge in [-0.3, -0.25) is 4.79 Å². The number of carbonyl (C=O) groups is 2. The lowest BCUT2D eigenvalue weighted by Gasteiger charge is -1.92. The Bertz CT molecular complexity index is 406. The van der Waals surface area contributed by atoms with E-state index >= 15 is 0 Å². The summed E-state index contributed by atoms with van der Waals surface area (Å²) in [5, 5.41) is 8.44. The third kappa shape index (κ3) is 2.78. The summed E-state index contributed by atoms with van der Waals surface area (Å²) in [6.45, 7) is 1.49. The molecule has 0 bridgehead atoms. The zero-order valence-electron chi connectivity index (χ0n) is 7.28. The average molecular weight is 275 g/mol. The Balaban J connectivity index is 2.89. The summed E-state index contributed by atoms with van der Waals surface area (Å²) in [6.07, 6.45) is 1.56. The Kier molecular flexibility index (Phi) is 3.60. The first-order chi connectivity index (χ1) is 6.50. The smallest absolute Gasteiger partial charge is 0.376 e. The second-order valence-electron chi connectivity index (χ2n) is 2.60. The maximum Gasteiger partial charge on any atom is 0.376 e. The van der Waals surface area contributed by atoms with Crippen LogP contribution in [0.25, 0.3) is 6.08 Å². The number of Topliss-reactive ketones (excluding diaryl/α,β-unsaturated/α-hetero) is 1. The van der Waals surface area contributed by atoms with Gasteiger partial charge in [0.2, 0.25) is 0 Å². The molecule has 74 valence electrons. The second kappa shape index (κ2) is 4.52. The van der Waals surface area contributed by atoms with Gasteiger partial charge < -0.3 is 5.11 Å². The molecular weight excluding hydrogens is 268 g/mol. The zero-order chi connectivity index (χ0) is 10.7. The van der Waals surface area contributed by atoms with Crippen LogP contribution in [0.15, 0.2) is 21.5 Å². The van der Waals surface area contributed by atoms with E-state index in [0.29, 0.717) is 0 Å². The first-order valence-electron chi connectivity index (χ1n) is 3.72. The van der Waals surface area contributed by atoms with Crippen molar-refractivity contribution in [2.45, 2.75) is 6.92 Å². The van der Waals surface area contributed by atoms with Crippen molar-refractivity contribution in [3.63, 3.8) is 0 Å². The number of hydrogen-bond acceptors (Lipinski definition) is 3. The van der Waals surface area contributed by atoms with Crippen molar-refractivity contribution < 1.29 is 14.7 Å². The monoisotopic (exact) mass is 274 g/mol. The normalized spacial score (nSPS) is 11.4. The fourth-order valence-electron chi connectivity index (χ4n) is 0.853. The van der Waals surface area contributed by atoms with Crippen molar-refractivity contribution in [1.82, 2.24) is 0 Å². The maximum absolute atomic E-state index is 11.0. The van der Waals surface area contributed by atoms with Crippen molar-refractivity contribution >= 4 is 45.1 Å². The number of carbonyl (C=O) groups excluding carboxylic acids is 1. The molecule has 0 radical (unpaired) electrons. The topological polar surface area (TPSA) is 54.4 Å². The predicted molar refractivity (Wildman–Crippen MR) is 58.3 cm³/mol. The number of halogens is 1. The van der Waals surface area contributed by atoms with Crippen molar-refractivity contribution in [2.75, 3.05) is 0 Å². The van der Waals surface area contributed by atoms with E-state index in [4.69, 9.17) is 5.11 Å². The Morgan fingerprint density at radius 1 is 1.50 bits per heavy atom. The van der Waals surface area contributed by atoms with Gasteiger partial charge in [0.25, 0.3) is 5.78 Å². The highest BCUT2D eigenvalue weighted by molar-refractivity contribution is 9.11. The number of rotatable bonds is 3. The lowest BCUT2D eigenvalue weighted by atomic mass is 10.2. The van der Waals surface area contributed by atoms with Gasteiger partial charge in [-0.2, -0.15) is 0 Å². The SMILES string of the molecule is C/C(=C\c1ccc(Br)s1)C(=O)C(=O)O. The molecule has 0 fully saturated rings. The van der Waals surface area contributed by atoms with Crippen LogP contribution in [-0.2, 0) is 9.59 Å². The van der Waals surface area contributed by atoms with Gasteiger partial charge in [0.1, 0.15) is 0 Å². The van der Waals surface area contributed by atoms with Gasteiger partial charge in [0.05, 0.1) is 3.79 Å². The van der Waals surface area contributed by atoms with Crippen LogP contribution >= 0.6 is 27.3 Å². The Morgan fingerprint density at radius 3 is 2.57 bits per heavy atom. The lowest BCUT2D eigenvalue weighted by Crippen LogP contribution is -2.12. The minimum Gasteiger partial charge on any atom is -0.475 e. The summed E-state index contributed by atoms with van der Waals surface area (Å²) in [6, 6.07) is 3.66. The van der Waals surface area contributed by atoms with Crippen LogP contribution < -0.4 is 0 Å². The van der Waals surface area contributed by atoms with Crippen molar-refractivity contribution in [3.8, 4) is 0 Å². The summed E-state index contributed by atoms with van der Waals surface area (Å²) < 4.78 is 0.944. The lowest BCUT2D eigenvalue weighted by molar-refractivity contribution is -0.147. The fourth-order valence-corrected chi connectivity index (χ4v) is 2.28. The van der Waals surface area contributed by atoms with E-state index in [1.54, 1.807) is 6.08 Å². The molecule has 14 heavy (non-hydrogen) atoms. The molecule has 0 unspecified atom stereocenters. The summed E-state index contributed by atoms with van der Waals surface area (Å²) in [5.74, 6) is -2.29. The van der Waals surface area contributed by atoms with Crippen molar-refractivity contribution in [2.24, 2.45) is 0 Å². The molecule has 0 atom stereocenters. The molecule has 0 aliphatic rings. The molecule has 0 amide bonds. The van der Waals surface area contributed by atoms with Gasteiger partial charge in [-0.1, -0.05) is 0 Å². The summed E-state index contributed by atoms with van der Waals surface area (Å²) in [7, 11) is 0. The minimum atomic E-state index is -1.42. The average Bonchev–Trinajstić information content (AvgIpc) is 2.49. The molecule has 1 N–H and O–H groups in total. The van der Waals surface area contributed by atoms with E-state index in [1.165, 1.54) is 18.3 Å². The van der Waals surface area contributed by atoms with Crippen LogP contribution in [0, 0.1) is 0 Å². The molecule has 0 aliphatic heterocycles. The highest BCUT2D eigenvalue weighted by atomic mass is 79.9. The van der Waals surface area contributed by atoms with Crippen molar-refractivity contribution in [3.05, 3.63) is 26.4 Å². The first kappa shape index (κ1) is 11.1. The van der Waals surface area contributed by atoms with Crippen LogP contribution in [0.1, 0.15) is 11.8 Å². The van der Waals surface area contributed by atoms with E-state index in [9.17, 15) is 9.59 Å². The molecule has 0 spiro atoms. The fraction of sp³-hybridized carbons (Fsp3) is 0.111. The highest BCUT2D eigenvalue weighted by Gasteiger charge is 2.13. The summed E-state index contributed by atoms with van der Waals surface area (Å²) in [5.41, 5.74) is 0.229. The third-order valence-electron chi connectivity index (χ3n) is 1.51. The van der Waals surface area contributed by atoms with Crippen LogP contribution in [-0.4, -0.2) is 16.9 Å². The predicted octanol–water partition coefficient (Wildman–Crippen LogP) is 2.57. The van der Waals surface area contributed by atoms with Gasteiger partial charge in [0, 0.05) is 10.5 Å². The van der Waals surface area contributed by atoms with E-state index in [-0.39, 0.29) is 5.57 Å². The Morgan fingerprint density at radius 2 is 2.14 bits per heavy atom. The van der Waals surface area contributed by atoms with Gasteiger partial charge in [-0.15, -0.1) is 11.3 Å². The van der Waals surface area contributed by atoms with Gasteiger partial charge in [0.15, 0.2) is 0 Å². The molecule has 0 aromatic carbocycles. The molecule has 1 rings (SSSR count). The molecule has 5 heteroatoms. The minimum absolute atomic E-state index is 0.229. The van der Waals surface area contributed by atoms with E-state index in [2.05, 4.69) is 15.9 Å².